The molecular weight excluding hydrogens is 280 g/mol. The second-order valence-corrected chi connectivity index (χ2v) is 5.97. The minimum absolute atomic E-state index is 0.0181. The molecule has 2 aromatic rings. The maximum atomic E-state index is 12.4. The molecule has 7 heteroatoms. The van der Waals surface area contributed by atoms with Gasteiger partial charge in [-0.15, -0.1) is 22.7 Å². The predicted octanol–water partition coefficient (Wildman–Crippen LogP) is 1.42. The summed E-state index contributed by atoms with van der Waals surface area (Å²) in [7, 11) is 0. The normalized spacial score (nSPS) is 16.3. The molecule has 0 atom stereocenters. The zero-order chi connectivity index (χ0) is 13.1. The molecule has 100 valence electrons. The Bertz CT molecular complexity index is 544. The van der Waals surface area contributed by atoms with Gasteiger partial charge in [0.2, 0.25) is 0 Å². The van der Waals surface area contributed by atoms with Gasteiger partial charge in [0.15, 0.2) is 0 Å². The van der Waals surface area contributed by atoms with Crippen molar-refractivity contribution in [1.29, 1.82) is 0 Å². The summed E-state index contributed by atoms with van der Waals surface area (Å²) in [5.41, 5.74) is 6.65. The van der Waals surface area contributed by atoms with Gasteiger partial charge in [-0.1, -0.05) is 6.07 Å². The monoisotopic (exact) mass is 294 g/mol. The first-order valence-electron chi connectivity index (χ1n) is 6.09. The summed E-state index contributed by atoms with van der Waals surface area (Å²) in [5, 5.41) is 4.79. The minimum atomic E-state index is 0.0181. The summed E-state index contributed by atoms with van der Waals surface area (Å²) in [5.74, 6) is 0.0181. The van der Waals surface area contributed by atoms with Gasteiger partial charge in [0.1, 0.15) is 10.7 Å². The van der Waals surface area contributed by atoms with Gasteiger partial charge in [0.25, 0.3) is 5.91 Å². The van der Waals surface area contributed by atoms with Crippen LogP contribution in [0.4, 0.5) is 0 Å². The Kier molecular flexibility index (Phi) is 3.88. The number of hydrogen-bond acceptors (Lipinski definition) is 6. The zero-order valence-electron chi connectivity index (χ0n) is 10.3. The van der Waals surface area contributed by atoms with E-state index in [4.69, 9.17) is 0 Å². The Balaban J connectivity index is 1.76. The molecule has 0 bridgehead atoms. The van der Waals surface area contributed by atoms with E-state index in [0.717, 1.165) is 23.0 Å². The Hall–Kier alpha value is -1.28. The molecule has 19 heavy (non-hydrogen) atoms. The molecule has 2 aromatic heterocycles. The van der Waals surface area contributed by atoms with Crippen LogP contribution in [0.2, 0.25) is 0 Å². The number of nitrogens with zero attached hydrogens (tertiary/aromatic N) is 2. The van der Waals surface area contributed by atoms with E-state index in [1.54, 1.807) is 11.3 Å². The van der Waals surface area contributed by atoms with E-state index in [9.17, 15) is 4.79 Å². The fourth-order valence-electron chi connectivity index (χ4n) is 1.92. The van der Waals surface area contributed by atoms with Crippen LogP contribution in [0.5, 0.6) is 0 Å². The lowest BCUT2D eigenvalue weighted by Crippen LogP contribution is -2.35. The lowest BCUT2D eigenvalue weighted by atomic mass is 10.3. The van der Waals surface area contributed by atoms with E-state index in [0.29, 0.717) is 18.8 Å². The number of nitrogens with one attached hydrogen (secondary N) is 2. The Morgan fingerprint density at radius 2 is 2.05 bits per heavy atom. The standard InChI is InChI=1S/C12H14N4OS2/c17-12(16-5-3-13-14-4-6-16)9-8-19-11(15-9)10-2-1-7-18-10/h1-2,7-8,13-14H,3-6H2. The lowest BCUT2D eigenvalue weighted by Gasteiger charge is -2.17. The second kappa shape index (κ2) is 5.79. The molecule has 1 aliphatic heterocycles. The molecule has 0 spiro atoms. The largest absolute Gasteiger partial charge is 0.335 e. The smallest absolute Gasteiger partial charge is 0.273 e. The molecule has 0 aromatic carbocycles. The van der Waals surface area contributed by atoms with Crippen molar-refractivity contribution in [3.05, 3.63) is 28.6 Å². The van der Waals surface area contributed by atoms with Crippen molar-refractivity contribution in [1.82, 2.24) is 20.7 Å². The van der Waals surface area contributed by atoms with Crippen LogP contribution in [-0.4, -0.2) is 42.0 Å². The number of carbonyl (C=O) groups excluding carboxylic acids is 1. The van der Waals surface area contributed by atoms with Gasteiger partial charge in [-0.2, -0.15) is 0 Å². The highest BCUT2D eigenvalue weighted by Crippen LogP contribution is 2.28. The topological polar surface area (TPSA) is 57.3 Å². The Morgan fingerprint density at radius 3 is 2.74 bits per heavy atom. The van der Waals surface area contributed by atoms with Crippen LogP contribution in [0, 0.1) is 0 Å². The van der Waals surface area contributed by atoms with Crippen molar-refractivity contribution in [3.8, 4) is 9.88 Å². The van der Waals surface area contributed by atoms with Crippen LogP contribution in [0.3, 0.4) is 0 Å². The summed E-state index contributed by atoms with van der Waals surface area (Å²) in [6.07, 6.45) is 0. The molecule has 3 heterocycles. The molecule has 1 amide bonds. The van der Waals surface area contributed by atoms with E-state index in [-0.39, 0.29) is 5.91 Å². The number of thiazole rings is 1. The van der Waals surface area contributed by atoms with Crippen molar-refractivity contribution in [3.63, 3.8) is 0 Å². The van der Waals surface area contributed by atoms with E-state index >= 15 is 0 Å². The van der Waals surface area contributed by atoms with Crippen molar-refractivity contribution in [2.75, 3.05) is 26.2 Å². The van der Waals surface area contributed by atoms with Crippen LogP contribution < -0.4 is 10.9 Å². The molecule has 3 rings (SSSR count). The number of hydrogen-bond donors (Lipinski definition) is 2. The van der Waals surface area contributed by atoms with Crippen LogP contribution >= 0.6 is 22.7 Å². The quantitative estimate of drug-likeness (QED) is 0.879. The first kappa shape index (κ1) is 12.7. The van der Waals surface area contributed by atoms with Gasteiger partial charge in [0, 0.05) is 31.6 Å². The van der Waals surface area contributed by atoms with Gasteiger partial charge >= 0.3 is 0 Å². The van der Waals surface area contributed by atoms with Crippen LogP contribution in [0.25, 0.3) is 9.88 Å². The van der Waals surface area contributed by atoms with Crippen LogP contribution in [0.15, 0.2) is 22.9 Å². The van der Waals surface area contributed by atoms with Crippen molar-refractivity contribution < 1.29 is 4.79 Å². The summed E-state index contributed by atoms with van der Waals surface area (Å²) in [4.78, 5) is 19.8. The van der Waals surface area contributed by atoms with Gasteiger partial charge in [-0.05, 0) is 11.4 Å². The van der Waals surface area contributed by atoms with Gasteiger partial charge in [-0.3, -0.25) is 15.6 Å². The summed E-state index contributed by atoms with van der Waals surface area (Å²) >= 11 is 3.17. The van der Waals surface area contributed by atoms with Gasteiger partial charge in [0.05, 0.1) is 4.88 Å². The molecule has 2 N–H and O–H groups in total. The first-order valence-corrected chi connectivity index (χ1v) is 7.85. The number of carbonyl (C=O) groups is 1. The molecule has 0 saturated carbocycles. The highest BCUT2D eigenvalue weighted by molar-refractivity contribution is 7.20. The highest BCUT2D eigenvalue weighted by Gasteiger charge is 2.20. The van der Waals surface area contributed by atoms with E-state index in [1.165, 1.54) is 11.3 Å². The molecular formula is C12H14N4OS2. The summed E-state index contributed by atoms with van der Waals surface area (Å²) < 4.78 is 0. The lowest BCUT2D eigenvalue weighted by molar-refractivity contribution is 0.0765. The average molecular weight is 294 g/mol. The third-order valence-corrected chi connectivity index (χ3v) is 4.76. The van der Waals surface area contributed by atoms with Crippen LogP contribution in [0.1, 0.15) is 10.5 Å². The van der Waals surface area contributed by atoms with Gasteiger partial charge in [-0.25, -0.2) is 4.98 Å². The fraction of sp³-hybridized carbons (Fsp3) is 0.333. The van der Waals surface area contributed by atoms with Gasteiger partial charge < -0.3 is 4.90 Å². The Morgan fingerprint density at radius 1 is 1.26 bits per heavy atom. The maximum Gasteiger partial charge on any atom is 0.273 e. The predicted molar refractivity (Wildman–Crippen MR) is 77.3 cm³/mol. The zero-order valence-corrected chi connectivity index (χ0v) is 11.9. The minimum Gasteiger partial charge on any atom is -0.335 e. The van der Waals surface area contributed by atoms with Crippen molar-refractivity contribution >= 4 is 28.6 Å². The van der Waals surface area contributed by atoms with Crippen molar-refractivity contribution in [2.45, 2.75) is 0 Å². The molecule has 1 saturated heterocycles. The first-order chi connectivity index (χ1) is 9.34. The average Bonchev–Trinajstić information content (AvgIpc) is 3.04. The summed E-state index contributed by atoms with van der Waals surface area (Å²) in [6.45, 7) is 2.93. The third kappa shape index (κ3) is 2.84. The maximum absolute atomic E-state index is 12.4. The fourth-order valence-corrected chi connectivity index (χ4v) is 3.53. The molecule has 5 nitrogen and oxygen atoms in total. The van der Waals surface area contributed by atoms with E-state index < -0.39 is 0 Å². The molecule has 0 aliphatic carbocycles. The SMILES string of the molecule is O=C(c1csc(-c2cccs2)n1)N1CCNNCC1. The van der Waals surface area contributed by atoms with E-state index in [2.05, 4.69) is 15.8 Å². The Labute approximate surface area is 119 Å². The van der Waals surface area contributed by atoms with Crippen LogP contribution in [-0.2, 0) is 0 Å². The number of aromatic nitrogens is 1. The molecule has 1 fully saturated rings. The van der Waals surface area contributed by atoms with Crippen molar-refractivity contribution in [2.24, 2.45) is 0 Å². The third-order valence-electron chi connectivity index (χ3n) is 2.88. The molecule has 1 aliphatic rings. The highest BCUT2D eigenvalue weighted by atomic mass is 32.1. The number of rotatable bonds is 2. The number of amides is 1. The second-order valence-electron chi connectivity index (χ2n) is 4.16. The molecule has 0 radical (unpaired) electrons. The number of hydrazine groups is 1. The van der Waals surface area contributed by atoms with E-state index in [1.807, 2.05) is 27.8 Å². The summed E-state index contributed by atoms with van der Waals surface area (Å²) in [6, 6.07) is 4.02. The molecule has 0 unspecified atom stereocenters. The number of thiophene rings is 1.